The molecule has 0 saturated heterocycles. The predicted molar refractivity (Wildman–Crippen MR) is 66.3 cm³/mol. The highest BCUT2D eigenvalue weighted by molar-refractivity contribution is 6.35. The van der Waals surface area contributed by atoms with Crippen molar-refractivity contribution in [1.82, 2.24) is 15.2 Å². The number of amides is 1. The summed E-state index contributed by atoms with van der Waals surface area (Å²) < 4.78 is 8.99. The van der Waals surface area contributed by atoms with Crippen molar-refractivity contribution in [3.8, 4) is 0 Å². The maximum atomic E-state index is 11.8. The van der Waals surface area contributed by atoms with Crippen LogP contribution in [0.3, 0.4) is 0 Å². The molecule has 1 aliphatic heterocycles. The third kappa shape index (κ3) is 3.09. The first-order valence-electron chi connectivity index (χ1n) is 5.12. The highest BCUT2D eigenvalue weighted by Gasteiger charge is 2.40. The van der Waals surface area contributed by atoms with Gasteiger partial charge in [-0.15, -0.1) is 0 Å². The van der Waals surface area contributed by atoms with Crippen molar-refractivity contribution in [3.63, 3.8) is 0 Å². The van der Waals surface area contributed by atoms with Gasteiger partial charge in [-0.3, -0.25) is 9.59 Å². The fraction of sp³-hybridized carbons (Fsp3) is 0.400. The molecular formula is C10H13ClN4O4. The highest BCUT2D eigenvalue weighted by atomic mass is 35.5. The summed E-state index contributed by atoms with van der Waals surface area (Å²) in [5.41, 5.74) is 0.310. The number of halogens is 1. The average molecular weight is 289 g/mol. The standard InChI is InChI=1S/C8H7ClN4O3.C2H6O/c1-4-5(9)7(16-3-14)13(6(4)15)8-10-2-11-12-8;1-3-2/h2-3,7H,1H3,(H,10,11,12);1-2H3. The zero-order chi connectivity index (χ0) is 14.4. The fourth-order valence-corrected chi connectivity index (χ4v) is 1.61. The van der Waals surface area contributed by atoms with Crippen LogP contribution in [0.25, 0.3) is 0 Å². The molecule has 1 unspecified atom stereocenters. The van der Waals surface area contributed by atoms with Crippen molar-refractivity contribution in [2.75, 3.05) is 19.1 Å². The van der Waals surface area contributed by atoms with Crippen molar-refractivity contribution >= 4 is 29.9 Å². The molecule has 1 aliphatic rings. The minimum absolute atomic E-state index is 0.161. The zero-order valence-electron chi connectivity index (χ0n) is 10.6. The van der Waals surface area contributed by atoms with Gasteiger partial charge >= 0.3 is 0 Å². The summed E-state index contributed by atoms with van der Waals surface area (Å²) in [6.45, 7) is 1.77. The Morgan fingerprint density at radius 1 is 1.53 bits per heavy atom. The second-order valence-electron chi connectivity index (χ2n) is 3.45. The molecule has 0 bridgehead atoms. The number of H-pyrrole nitrogens is 1. The van der Waals surface area contributed by atoms with Crippen LogP contribution >= 0.6 is 11.6 Å². The van der Waals surface area contributed by atoms with Crippen LogP contribution in [-0.2, 0) is 19.1 Å². The Labute approximate surface area is 114 Å². The van der Waals surface area contributed by atoms with Crippen molar-refractivity contribution < 1.29 is 19.1 Å². The Morgan fingerprint density at radius 3 is 2.63 bits per heavy atom. The second kappa shape index (κ2) is 6.86. The minimum atomic E-state index is -0.973. The smallest absolute Gasteiger partial charge is 0.295 e. The number of rotatable bonds is 3. The lowest BCUT2D eigenvalue weighted by molar-refractivity contribution is -0.132. The van der Waals surface area contributed by atoms with Crippen LogP contribution in [-0.4, -0.2) is 48.0 Å². The summed E-state index contributed by atoms with van der Waals surface area (Å²) in [6, 6.07) is 0. The Kier molecular flexibility index (Phi) is 5.46. The summed E-state index contributed by atoms with van der Waals surface area (Å²) in [6.07, 6.45) is 0.266. The van der Waals surface area contributed by atoms with Crippen molar-refractivity contribution in [3.05, 3.63) is 16.9 Å². The molecule has 0 spiro atoms. The monoisotopic (exact) mass is 288 g/mol. The Morgan fingerprint density at radius 2 is 2.16 bits per heavy atom. The Bertz CT molecular complexity index is 474. The topological polar surface area (TPSA) is 97.4 Å². The molecule has 0 saturated carbocycles. The molecule has 1 N–H and O–H groups in total. The van der Waals surface area contributed by atoms with Crippen LogP contribution in [0.5, 0.6) is 0 Å². The summed E-state index contributed by atoms with van der Waals surface area (Å²) in [4.78, 5) is 27.1. The third-order valence-corrected chi connectivity index (χ3v) is 2.63. The van der Waals surface area contributed by atoms with Gasteiger partial charge in [-0.05, 0) is 6.92 Å². The van der Waals surface area contributed by atoms with E-state index in [1.807, 2.05) is 0 Å². The van der Waals surface area contributed by atoms with Gasteiger partial charge in [0.1, 0.15) is 6.33 Å². The molecule has 0 aliphatic carbocycles. The van der Waals surface area contributed by atoms with Crippen LogP contribution in [0.1, 0.15) is 6.92 Å². The van der Waals surface area contributed by atoms with Crippen LogP contribution in [0, 0.1) is 0 Å². The van der Waals surface area contributed by atoms with Crippen molar-refractivity contribution in [2.45, 2.75) is 13.2 Å². The molecule has 0 aromatic carbocycles. The molecule has 9 heteroatoms. The number of aromatic amines is 1. The van der Waals surface area contributed by atoms with E-state index in [-0.39, 0.29) is 23.4 Å². The van der Waals surface area contributed by atoms with Gasteiger partial charge in [-0.25, -0.2) is 10.00 Å². The van der Waals surface area contributed by atoms with Gasteiger partial charge < -0.3 is 9.47 Å². The number of aromatic nitrogens is 3. The number of nitrogens with one attached hydrogen (secondary N) is 1. The summed E-state index contributed by atoms with van der Waals surface area (Å²) in [5.74, 6) is -0.208. The molecule has 0 fully saturated rings. The van der Waals surface area contributed by atoms with Gasteiger partial charge in [0.25, 0.3) is 12.4 Å². The predicted octanol–water partition coefficient (Wildman–Crippen LogP) is 0.426. The second-order valence-corrected chi connectivity index (χ2v) is 3.86. The highest BCUT2D eigenvalue weighted by Crippen LogP contribution is 2.31. The van der Waals surface area contributed by atoms with Crippen molar-refractivity contribution in [1.29, 1.82) is 0 Å². The molecule has 8 nitrogen and oxygen atoms in total. The number of hydrogen-bond donors (Lipinski definition) is 1. The minimum Gasteiger partial charge on any atom is -0.438 e. The van der Waals surface area contributed by atoms with Crippen LogP contribution in [0.4, 0.5) is 5.95 Å². The normalized spacial score (nSPS) is 18.2. The van der Waals surface area contributed by atoms with Gasteiger partial charge in [0.05, 0.1) is 5.03 Å². The molecular weight excluding hydrogens is 276 g/mol. The number of hydrogen-bond acceptors (Lipinski definition) is 6. The first-order chi connectivity index (χ1) is 9.08. The lowest BCUT2D eigenvalue weighted by atomic mass is 10.3. The molecule has 1 atom stereocenters. The molecule has 1 aromatic rings. The largest absolute Gasteiger partial charge is 0.438 e. The first-order valence-corrected chi connectivity index (χ1v) is 5.50. The number of anilines is 1. The number of methoxy groups -OCH3 is 1. The van der Waals surface area contributed by atoms with E-state index in [0.29, 0.717) is 5.57 Å². The van der Waals surface area contributed by atoms with E-state index in [4.69, 9.17) is 16.3 Å². The number of ether oxygens (including phenoxy) is 2. The van der Waals surface area contributed by atoms with Gasteiger partial charge in [0, 0.05) is 19.8 Å². The summed E-state index contributed by atoms with van der Waals surface area (Å²) >= 11 is 5.89. The zero-order valence-corrected chi connectivity index (χ0v) is 11.3. The Hall–Kier alpha value is -1.93. The van der Waals surface area contributed by atoms with Crippen molar-refractivity contribution in [2.24, 2.45) is 0 Å². The Balaban J connectivity index is 0.000000550. The number of carbonyl (C=O) groups is 2. The van der Waals surface area contributed by atoms with E-state index in [9.17, 15) is 9.59 Å². The third-order valence-electron chi connectivity index (χ3n) is 2.16. The molecule has 19 heavy (non-hydrogen) atoms. The molecule has 0 radical (unpaired) electrons. The van der Waals surface area contributed by atoms with E-state index in [0.717, 1.165) is 4.90 Å². The van der Waals surface area contributed by atoms with E-state index >= 15 is 0 Å². The number of carbonyl (C=O) groups excluding carboxylic acids is 2. The van der Waals surface area contributed by atoms with Crippen LogP contribution < -0.4 is 4.90 Å². The van der Waals surface area contributed by atoms with Gasteiger partial charge in [-0.2, -0.15) is 10.1 Å². The van der Waals surface area contributed by atoms with Crippen LogP contribution in [0.2, 0.25) is 0 Å². The molecule has 2 rings (SSSR count). The molecule has 1 aromatic heterocycles. The maximum Gasteiger partial charge on any atom is 0.295 e. The quantitative estimate of drug-likeness (QED) is 0.810. The van der Waals surface area contributed by atoms with Gasteiger partial charge in [0.15, 0.2) is 0 Å². The molecule has 104 valence electrons. The lowest BCUT2D eigenvalue weighted by Crippen LogP contribution is -2.37. The number of nitrogens with zero attached hydrogens (tertiary/aromatic N) is 3. The summed E-state index contributed by atoms with van der Waals surface area (Å²) in [7, 11) is 3.25. The fourth-order valence-electron chi connectivity index (χ4n) is 1.38. The maximum absolute atomic E-state index is 11.8. The molecule has 2 heterocycles. The van der Waals surface area contributed by atoms with Crippen LogP contribution in [0.15, 0.2) is 16.9 Å². The van der Waals surface area contributed by atoms with Gasteiger partial charge in [-0.1, -0.05) is 11.6 Å². The van der Waals surface area contributed by atoms with Gasteiger partial charge in [0.2, 0.25) is 12.2 Å². The first kappa shape index (κ1) is 15.1. The SMILES string of the molecule is CC1=C(Cl)C(OC=O)N(c2ncn[nH]2)C1=O.COC. The van der Waals surface area contributed by atoms with E-state index < -0.39 is 6.23 Å². The average Bonchev–Trinajstić information content (AvgIpc) is 2.96. The van der Waals surface area contributed by atoms with E-state index in [1.54, 1.807) is 21.1 Å². The van der Waals surface area contributed by atoms with E-state index in [1.165, 1.54) is 6.33 Å². The summed E-state index contributed by atoms with van der Waals surface area (Å²) in [5, 5.41) is 6.27. The lowest BCUT2D eigenvalue weighted by Gasteiger charge is -2.20. The van der Waals surface area contributed by atoms with E-state index in [2.05, 4.69) is 19.9 Å². The molecule has 1 amide bonds.